The van der Waals surface area contributed by atoms with Gasteiger partial charge in [0.1, 0.15) is 23.7 Å². The predicted octanol–water partition coefficient (Wildman–Crippen LogP) is 5.52. The number of hydrogen-bond donors (Lipinski definition) is 6. The number of likely N-dealkylation sites (N-methyl/N-ethyl adjacent to an activating group) is 2. The summed E-state index contributed by atoms with van der Waals surface area (Å²) in [5.41, 5.74) is 6.79. The molecule has 0 aromatic heterocycles. The van der Waals surface area contributed by atoms with Gasteiger partial charge in [0.05, 0.1) is 74.7 Å². The van der Waals surface area contributed by atoms with Crippen molar-refractivity contribution in [2.24, 2.45) is 0 Å². The highest BCUT2D eigenvalue weighted by Gasteiger charge is 2.38. The molecule has 24 heteroatoms. The lowest BCUT2D eigenvalue weighted by atomic mass is 10.0. The number of rotatable bonds is 33. The number of amides is 4. The number of carbonyl (C=O) groups is 2. The Hall–Kier alpha value is -4.82. The number of urea groups is 2. The van der Waals surface area contributed by atoms with Crippen LogP contribution in [0.3, 0.4) is 0 Å². The third-order valence-corrected chi connectivity index (χ3v) is 16.7. The van der Waals surface area contributed by atoms with Gasteiger partial charge < -0.3 is 59.5 Å². The number of unbranched alkanes of at least 4 members (excludes halogenated alkanes) is 1. The van der Waals surface area contributed by atoms with Crippen molar-refractivity contribution in [3.63, 3.8) is 0 Å². The van der Waals surface area contributed by atoms with Gasteiger partial charge in [0.2, 0.25) is 20.0 Å². The Labute approximate surface area is 469 Å². The van der Waals surface area contributed by atoms with E-state index in [0.29, 0.717) is 47.5 Å². The van der Waals surface area contributed by atoms with Gasteiger partial charge in [-0.2, -0.15) is 0 Å². The molecule has 0 saturated heterocycles. The molecule has 430 valence electrons. The smallest absolute Gasteiger partial charge is 0.314 e. The van der Waals surface area contributed by atoms with Crippen LogP contribution in [0.15, 0.2) is 82.6 Å². The number of carbonyl (C=O) groups excluding carboxylic acids is 2. The molecule has 20 nitrogen and oxygen atoms in total. The number of aryl methyl sites for hydroxylation is 2. The third kappa shape index (κ3) is 18.9. The Bertz CT molecular complexity index is 2610. The summed E-state index contributed by atoms with van der Waals surface area (Å²) in [7, 11) is 0.517. The van der Waals surface area contributed by atoms with Crippen LogP contribution >= 0.6 is 23.2 Å². The van der Waals surface area contributed by atoms with Gasteiger partial charge in [-0.05, 0) is 174 Å². The molecular formula is C54H76Cl2N8O12S2. The Kier molecular flexibility index (Phi) is 24.5. The fourth-order valence-electron chi connectivity index (χ4n) is 9.15. The number of nitrogens with one attached hydrogen (secondary N) is 6. The molecule has 0 saturated carbocycles. The summed E-state index contributed by atoms with van der Waals surface area (Å²) in [6, 6.07) is 20.1. The molecule has 0 aliphatic heterocycles. The number of halogens is 2. The highest BCUT2D eigenvalue weighted by Crippen LogP contribution is 2.42. The zero-order valence-corrected chi connectivity index (χ0v) is 48.5. The maximum Gasteiger partial charge on any atom is 0.314 e. The largest absolute Gasteiger partial charge is 0.484 e. The summed E-state index contributed by atoms with van der Waals surface area (Å²) in [5.74, 6) is 1.12. The van der Waals surface area contributed by atoms with Gasteiger partial charge in [0, 0.05) is 49.3 Å². The summed E-state index contributed by atoms with van der Waals surface area (Å²) < 4.78 is 91.5. The summed E-state index contributed by atoms with van der Waals surface area (Å²) in [5, 5.41) is 12.3. The minimum atomic E-state index is -3.77. The van der Waals surface area contributed by atoms with E-state index < -0.39 is 20.0 Å². The summed E-state index contributed by atoms with van der Waals surface area (Å²) in [6.45, 7) is 7.54. The van der Waals surface area contributed by atoms with Gasteiger partial charge in [-0.1, -0.05) is 23.2 Å². The van der Waals surface area contributed by atoms with Crippen LogP contribution in [0.25, 0.3) is 0 Å². The fourth-order valence-corrected chi connectivity index (χ4v) is 11.7. The zero-order valence-electron chi connectivity index (χ0n) is 45.3. The Morgan fingerprint density at radius 1 is 0.500 bits per heavy atom. The van der Waals surface area contributed by atoms with E-state index in [1.54, 1.807) is 24.3 Å². The lowest BCUT2D eigenvalue weighted by Gasteiger charge is -2.27. The Morgan fingerprint density at radius 2 is 0.833 bits per heavy atom. The number of fused-ring (bicyclic) bond motifs is 2. The number of nitrogens with zero attached hydrogens (tertiary/aromatic N) is 2. The molecule has 4 aromatic rings. The lowest BCUT2D eigenvalue weighted by Crippen LogP contribution is -2.39. The molecule has 2 aliphatic carbocycles. The highest BCUT2D eigenvalue weighted by atomic mass is 35.5. The van der Waals surface area contributed by atoms with Crippen LogP contribution in [0.5, 0.6) is 11.5 Å². The maximum atomic E-state index is 12.9. The Balaban J connectivity index is 0.694. The fraction of sp³-hybridized carbons (Fsp3) is 0.519. The second-order valence-electron chi connectivity index (χ2n) is 19.4. The topological polar surface area (TPSA) is 236 Å². The van der Waals surface area contributed by atoms with E-state index in [-0.39, 0.29) is 125 Å². The van der Waals surface area contributed by atoms with Crippen LogP contribution in [0, 0.1) is 13.8 Å². The van der Waals surface area contributed by atoms with Gasteiger partial charge >= 0.3 is 12.1 Å². The van der Waals surface area contributed by atoms with E-state index in [9.17, 15) is 26.4 Å². The summed E-state index contributed by atoms with van der Waals surface area (Å²) in [6.07, 6.45) is 2.47. The molecule has 0 unspecified atom stereocenters. The van der Waals surface area contributed by atoms with Gasteiger partial charge in [0.25, 0.3) is 0 Å². The van der Waals surface area contributed by atoms with Gasteiger partial charge in [0.15, 0.2) is 0 Å². The monoisotopic (exact) mass is 1160 g/mol. The molecule has 0 spiro atoms. The van der Waals surface area contributed by atoms with E-state index in [2.05, 4.69) is 40.5 Å². The van der Waals surface area contributed by atoms with Crippen LogP contribution in [0.4, 0.5) is 9.59 Å². The third-order valence-electron chi connectivity index (χ3n) is 13.3. The number of hydrogen-bond acceptors (Lipinski definition) is 14. The zero-order chi connectivity index (χ0) is 56.2. The minimum Gasteiger partial charge on any atom is -0.484 e. The number of benzene rings is 4. The maximum absolute atomic E-state index is 12.9. The van der Waals surface area contributed by atoms with Gasteiger partial charge in [-0.3, -0.25) is 0 Å². The molecule has 78 heavy (non-hydrogen) atoms. The van der Waals surface area contributed by atoms with Crippen LogP contribution in [0.2, 0.25) is 10.0 Å². The molecule has 4 atom stereocenters. The second-order valence-corrected chi connectivity index (χ2v) is 23.8. The standard InChI is InChI=1S/C54H76Cl2N8O12S2/c1-37-31-39(55)33-47-45(37)35-49(63(3)4)51(47)75-41-9-13-43(14-10-41)77(67,68)61-21-25-73-29-27-71-23-19-59-53(65)57-17-7-8-18-58-54(66)60-20-24-72-28-30-74-26-22-62-78(69,70)44-15-11-42(12-16-44)76-52-48-34-40(56)32-38(2)46(48)36-50(52)64(5)6/h9-16,31-34,49-52,61-62H,7-8,17-30,35-36H2,1-6H3,(H2,57,59,65)(H2,58,60,66)/t49-,50-,51-,52-/m0/s1. The minimum absolute atomic E-state index is 0.0759. The molecule has 0 heterocycles. The molecule has 4 amide bonds. The number of ether oxygens (including phenoxy) is 6. The van der Waals surface area contributed by atoms with E-state index in [0.717, 1.165) is 35.1 Å². The highest BCUT2D eigenvalue weighted by molar-refractivity contribution is 7.89. The number of sulfonamides is 2. The normalized spacial score (nSPS) is 17.0. The van der Waals surface area contributed by atoms with Gasteiger partial charge in [-0.25, -0.2) is 35.9 Å². The predicted molar refractivity (Wildman–Crippen MR) is 300 cm³/mol. The first-order chi connectivity index (χ1) is 37.3. The first kappa shape index (κ1) is 62.4. The van der Waals surface area contributed by atoms with Crippen molar-refractivity contribution in [1.82, 2.24) is 40.5 Å². The molecule has 0 bridgehead atoms. The quantitative estimate of drug-likeness (QED) is 0.0322. The summed E-state index contributed by atoms with van der Waals surface area (Å²) in [4.78, 5) is 28.7. The van der Waals surface area contributed by atoms with E-state index in [1.807, 2.05) is 66.3 Å². The van der Waals surface area contributed by atoms with Crippen LogP contribution in [-0.4, -0.2) is 171 Å². The molecule has 2 aliphatic rings. The molecular weight excluding hydrogens is 1090 g/mol. The van der Waals surface area contributed by atoms with Crippen molar-refractivity contribution in [1.29, 1.82) is 0 Å². The van der Waals surface area contributed by atoms with Crippen molar-refractivity contribution in [2.75, 3.05) is 120 Å². The lowest BCUT2D eigenvalue weighted by molar-refractivity contribution is 0.0516. The molecule has 4 aromatic carbocycles. The van der Waals surface area contributed by atoms with Crippen molar-refractivity contribution in [2.45, 2.75) is 73.6 Å². The van der Waals surface area contributed by atoms with E-state index in [1.165, 1.54) is 35.4 Å². The van der Waals surface area contributed by atoms with Crippen LogP contribution < -0.4 is 40.2 Å². The molecule has 6 N–H and O–H groups in total. The average Bonchev–Trinajstić information content (AvgIpc) is 4.13. The van der Waals surface area contributed by atoms with Crippen molar-refractivity contribution >= 4 is 55.3 Å². The molecule has 0 fully saturated rings. The van der Waals surface area contributed by atoms with Crippen molar-refractivity contribution in [3.05, 3.63) is 116 Å². The SMILES string of the molecule is Cc1cc(Cl)cc2c1C[C@H](N(C)C)[C@H]2Oc1ccc(S(=O)(=O)NCCOCCOCCNC(=O)NCCCCNC(=O)NCCOCCOCCNS(=O)(=O)c2ccc(O[C@H]3c4cc(Cl)cc(C)c4C[C@@H]3N(C)C)cc2)cc1. The molecule has 6 rings (SSSR count). The van der Waals surface area contributed by atoms with Crippen molar-refractivity contribution < 1.29 is 54.8 Å². The van der Waals surface area contributed by atoms with Crippen LogP contribution in [-0.2, 0) is 51.8 Å². The summed E-state index contributed by atoms with van der Waals surface area (Å²) >= 11 is 12.8. The first-order valence-corrected chi connectivity index (χ1v) is 29.8. The molecule has 0 radical (unpaired) electrons. The van der Waals surface area contributed by atoms with E-state index in [4.69, 9.17) is 51.6 Å². The van der Waals surface area contributed by atoms with Gasteiger partial charge in [-0.15, -0.1) is 0 Å². The average molecular weight is 1160 g/mol. The Morgan fingerprint density at radius 3 is 1.18 bits per heavy atom. The van der Waals surface area contributed by atoms with E-state index >= 15 is 0 Å². The second kappa shape index (κ2) is 30.7. The van der Waals surface area contributed by atoms with Crippen LogP contribution in [0.1, 0.15) is 58.4 Å². The first-order valence-electron chi connectivity index (χ1n) is 26.1. The van der Waals surface area contributed by atoms with Crippen molar-refractivity contribution in [3.8, 4) is 11.5 Å².